The quantitative estimate of drug-likeness (QED) is 0.474. The van der Waals surface area contributed by atoms with E-state index in [4.69, 9.17) is 17.0 Å². The van der Waals surface area contributed by atoms with Crippen molar-refractivity contribution < 1.29 is 19.1 Å². The highest BCUT2D eigenvalue weighted by Crippen LogP contribution is 2.12. The molecule has 6 nitrogen and oxygen atoms in total. The Hall–Kier alpha value is -1.93. The van der Waals surface area contributed by atoms with E-state index in [2.05, 4.69) is 10.6 Å². The van der Waals surface area contributed by atoms with Gasteiger partial charge in [-0.15, -0.1) is 0 Å². The van der Waals surface area contributed by atoms with Crippen LogP contribution in [0.15, 0.2) is 24.3 Å². The second-order valence-electron chi connectivity index (χ2n) is 4.91. The molecular formula is C15H16N2O4S2. The number of carbonyl (C=O) groups is 3. The molecule has 2 rings (SSSR count). The fourth-order valence-electron chi connectivity index (χ4n) is 1.93. The largest absolute Gasteiger partial charge is 0.464 e. The maximum Gasteiger partial charge on any atom is 0.328 e. The van der Waals surface area contributed by atoms with E-state index in [1.54, 1.807) is 24.3 Å². The van der Waals surface area contributed by atoms with Crippen LogP contribution in [-0.4, -0.2) is 40.4 Å². The Balaban J connectivity index is 1.75. The Bertz CT molecular complexity index is 631. The highest BCUT2D eigenvalue weighted by Gasteiger charge is 2.26. The fourth-order valence-corrected chi connectivity index (χ4v) is 2.81. The predicted octanol–water partition coefficient (Wildman–Crippen LogP) is 1.75. The van der Waals surface area contributed by atoms with Gasteiger partial charge in [0, 0.05) is 17.7 Å². The summed E-state index contributed by atoms with van der Waals surface area (Å²) in [6, 6.07) is 6.23. The molecule has 0 bridgehead atoms. The van der Waals surface area contributed by atoms with E-state index in [0.29, 0.717) is 28.6 Å². The van der Waals surface area contributed by atoms with Crippen LogP contribution in [0.2, 0.25) is 0 Å². The number of ketones is 1. The van der Waals surface area contributed by atoms with Crippen LogP contribution in [0.25, 0.3) is 0 Å². The molecule has 1 saturated heterocycles. The van der Waals surface area contributed by atoms with Crippen molar-refractivity contribution in [1.29, 1.82) is 0 Å². The van der Waals surface area contributed by atoms with E-state index >= 15 is 0 Å². The molecule has 0 aromatic heterocycles. The van der Waals surface area contributed by atoms with Crippen molar-refractivity contribution >= 4 is 51.6 Å². The minimum Gasteiger partial charge on any atom is -0.464 e. The number of carbonyl (C=O) groups excluding carboxylic acids is 3. The van der Waals surface area contributed by atoms with Crippen LogP contribution in [0, 0.1) is 0 Å². The third-order valence-corrected chi connectivity index (χ3v) is 4.39. The fraction of sp³-hybridized carbons (Fsp3) is 0.333. The molecule has 1 aliphatic heterocycles. The lowest BCUT2D eigenvalue weighted by molar-refractivity contribution is -0.139. The standard InChI is InChI=1S/C15H16N2O4S2/c1-9(18)10-2-4-11(5-3-10)16-13(19)8-23-15(22)17-12-6-7-21-14(12)20/h2-5,12H,6-8H2,1H3,(H,16,19)(H,17,22)/t12-/m0/s1. The molecule has 1 heterocycles. The number of ether oxygens (including phenoxy) is 1. The Morgan fingerprint density at radius 3 is 2.61 bits per heavy atom. The number of amides is 1. The van der Waals surface area contributed by atoms with Crippen molar-refractivity contribution in [3.8, 4) is 0 Å². The van der Waals surface area contributed by atoms with Gasteiger partial charge in [-0.3, -0.25) is 9.59 Å². The van der Waals surface area contributed by atoms with Gasteiger partial charge in [0.2, 0.25) is 5.91 Å². The molecular weight excluding hydrogens is 336 g/mol. The van der Waals surface area contributed by atoms with Gasteiger partial charge in [0.25, 0.3) is 0 Å². The molecule has 0 saturated carbocycles. The van der Waals surface area contributed by atoms with Crippen LogP contribution in [0.3, 0.4) is 0 Å². The first-order valence-corrected chi connectivity index (χ1v) is 8.36. The van der Waals surface area contributed by atoms with Crippen LogP contribution in [0.4, 0.5) is 5.69 Å². The van der Waals surface area contributed by atoms with Crippen molar-refractivity contribution in [1.82, 2.24) is 5.32 Å². The van der Waals surface area contributed by atoms with Crippen molar-refractivity contribution in [3.63, 3.8) is 0 Å². The lowest BCUT2D eigenvalue weighted by Gasteiger charge is -2.11. The molecule has 0 unspecified atom stereocenters. The Kier molecular flexibility index (Phi) is 6.12. The zero-order chi connectivity index (χ0) is 16.8. The molecule has 2 N–H and O–H groups in total. The van der Waals surface area contributed by atoms with E-state index in [1.165, 1.54) is 6.92 Å². The van der Waals surface area contributed by atoms with E-state index in [9.17, 15) is 14.4 Å². The number of rotatable bonds is 5. The molecule has 1 aliphatic rings. The van der Waals surface area contributed by atoms with Crippen LogP contribution in [0.1, 0.15) is 23.7 Å². The first-order valence-electron chi connectivity index (χ1n) is 6.96. The summed E-state index contributed by atoms with van der Waals surface area (Å²) in [5.41, 5.74) is 1.20. The number of hydrogen-bond acceptors (Lipinski definition) is 6. The summed E-state index contributed by atoms with van der Waals surface area (Å²) in [7, 11) is 0. The third kappa shape index (κ3) is 5.33. The summed E-state index contributed by atoms with van der Waals surface area (Å²) in [6.07, 6.45) is 0.578. The van der Waals surface area contributed by atoms with Crippen LogP contribution < -0.4 is 10.6 Å². The van der Waals surface area contributed by atoms with Crippen LogP contribution in [-0.2, 0) is 14.3 Å². The van der Waals surface area contributed by atoms with E-state index in [1.807, 2.05) is 0 Å². The summed E-state index contributed by atoms with van der Waals surface area (Å²) in [5, 5.41) is 5.59. The number of cyclic esters (lactones) is 1. The minimum atomic E-state index is -0.419. The molecule has 8 heteroatoms. The molecule has 0 radical (unpaired) electrons. The monoisotopic (exact) mass is 352 g/mol. The number of esters is 1. The van der Waals surface area contributed by atoms with E-state index in [0.717, 1.165) is 11.8 Å². The smallest absolute Gasteiger partial charge is 0.328 e. The van der Waals surface area contributed by atoms with Gasteiger partial charge in [-0.05, 0) is 31.2 Å². The molecule has 1 atom stereocenters. The molecule has 1 fully saturated rings. The van der Waals surface area contributed by atoms with Crippen molar-refractivity contribution in [2.75, 3.05) is 17.7 Å². The highest BCUT2D eigenvalue weighted by atomic mass is 32.2. The maximum absolute atomic E-state index is 11.9. The van der Waals surface area contributed by atoms with Crippen LogP contribution in [0.5, 0.6) is 0 Å². The topological polar surface area (TPSA) is 84.5 Å². The number of anilines is 1. The summed E-state index contributed by atoms with van der Waals surface area (Å²) < 4.78 is 5.21. The van der Waals surface area contributed by atoms with Crippen molar-refractivity contribution in [2.45, 2.75) is 19.4 Å². The first-order chi connectivity index (χ1) is 11.0. The minimum absolute atomic E-state index is 0.0275. The molecule has 0 spiro atoms. The van der Waals surface area contributed by atoms with Gasteiger partial charge < -0.3 is 15.4 Å². The van der Waals surface area contributed by atoms with E-state index in [-0.39, 0.29) is 23.4 Å². The van der Waals surface area contributed by atoms with Crippen LogP contribution >= 0.6 is 24.0 Å². The van der Waals surface area contributed by atoms with Crippen molar-refractivity contribution in [3.05, 3.63) is 29.8 Å². The number of hydrogen-bond donors (Lipinski definition) is 2. The van der Waals surface area contributed by atoms with Crippen molar-refractivity contribution in [2.24, 2.45) is 0 Å². The normalized spacial score (nSPS) is 16.6. The molecule has 1 amide bonds. The maximum atomic E-state index is 11.9. The van der Waals surface area contributed by atoms with Gasteiger partial charge in [0.05, 0.1) is 12.4 Å². The lowest BCUT2D eigenvalue weighted by atomic mass is 10.1. The zero-order valence-electron chi connectivity index (χ0n) is 12.5. The predicted molar refractivity (Wildman–Crippen MR) is 92.6 cm³/mol. The Morgan fingerprint density at radius 1 is 1.35 bits per heavy atom. The third-order valence-electron chi connectivity index (χ3n) is 3.14. The van der Waals surface area contributed by atoms with E-state index < -0.39 is 6.04 Å². The molecule has 1 aromatic rings. The number of thiocarbonyl (C=S) groups is 1. The van der Waals surface area contributed by atoms with Gasteiger partial charge >= 0.3 is 5.97 Å². The molecule has 122 valence electrons. The molecule has 1 aromatic carbocycles. The second kappa shape index (κ2) is 8.07. The van der Waals surface area contributed by atoms with Gasteiger partial charge in [-0.25, -0.2) is 4.79 Å². The number of nitrogens with one attached hydrogen (secondary N) is 2. The lowest BCUT2D eigenvalue weighted by Crippen LogP contribution is -2.36. The zero-order valence-corrected chi connectivity index (χ0v) is 14.1. The number of thioether (sulfide) groups is 1. The van der Waals surface area contributed by atoms with Gasteiger partial charge in [0.1, 0.15) is 10.4 Å². The summed E-state index contributed by atoms with van der Waals surface area (Å²) in [5.74, 6) is -0.436. The highest BCUT2D eigenvalue weighted by molar-refractivity contribution is 8.23. The van der Waals surface area contributed by atoms with Gasteiger partial charge in [-0.2, -0.15) is 0 Å². The molecule has 0 aliphatic carbocycles. The van der Waals surface area contributed by atoms with Gasteiger partial charge in [-0.1, -0.05) is 24.0 Å². The molecule has 23 heavy (non-hydrogen) atoms. The Morgan fingerprint density at radius 2 is 2.04 bits per heavy atom. The average Bonchev–Trinajstić information content (AvgIpc) is 2.91. The SMILES string of the molecule is CC(=O)c1ccc(NC(=O)CSC(=S)N[C@H]2CCOC2=O)cc1. The first kappa shape index (κ1) is 17.4. The second-order valence-corrected chi connectivity index (χ2v) is 6.56. The summed E-state index contributed by atoms with van der Waals surface area (Å²) in [4.78, 5) is 34.3. The average molecular weight is 352 g/mol. The summed E-state index contributed by atoms with van der Waals surface area (Å²) >= 11 is 6.25. The number of benzene rings is 1. The Labute approximate surface area is 143 Å². The summed E-state index contributed by atoms with van der Waals surface area (Å²) in [6.45, 7) is 1.87. The van der Waals surface area contributed by atoms with Gasteiger partial charge in [0.15, 0.2) is 5.78 Å². The number of Topliss-reactive ketones (excluding diaryl/α,β-unsaturated/α-hetero) is 1.